The van der Waals surface area contributed by atoms with Crippen LogP contribution in [0.25, 0.3) is 0 Å². The summed E-state index contributed by atoms with van der Waals surface area (Å²) in [5, 5.41) is 11.7. The molecule has 2 amide bonds. The topological polar surface area (TPSA) is 85.7 Å². The summed E-state index contributed by atoms with van der Waals surface area (Å²) in [4.78, 5) is 28.3. The number of para-hydroxylation sites is 1. The van der Waals surface area contributed by atoms with Gasteiger partial charge in [-0.25, -0.2) is 9.59 Å². The third-order valence-electron chi connectivity index (χ3n) is 4.50. The number of nitrogens with one attached hydrogen (secondary N) is 1. The predicted molar refractivity (Wildman–Crippen MR) is 102 cm³/mol. The number of hydrogen-bond donors (Lipinski definition) is 1. The smallest absolute Gasteiger partial charge is 0.339 e. The minimum Gasteiger partial charge on any atom is -0.465 e. The second kappa shape index (κ2) is 8.23. The lowest BCUT2D eigenvalue weighted by atomic mass is 10.2. The minimum absolute atomic E-state index is 0.245. The fourth-order valence-corrected chi connectivity index (χ4v) is 2.99. The van der Waals surface area contributed by atoms with E-state index in [1.165, 1.54) is 7.11 Å². The van der Waals surface area contributed by atoms with Gasteiger partial charge in [0.2, 0.25) is 0 Å². The van der Waals surface area contributed by atoms with E-state index >= 15 is 0 Å². The molecule has 2 aromatic rings. The fourth-order valence-electron chi connectivity index (χ4n) is 2.99. The maximum Gasteiger partial charge on any atom is 0.339 e. The number of hydrogen-bond acceptors (Lipinski definition) is 5. The highest BCUT2D eigenvalue weighted by molar-refractivity contribution is 6.00. The molecule has 1 fully saturated rings. The summed E-state index contributed by atoms with van der Waals surface area (Å²) < 4.78 is 4.75. The maximum atomic E-state index is 12.6. The standard InChI is InChI=1S/C20H20N4O3/c1-27-19(25)17-4-2-3-5-18(17)22-20(26)24-12-10-23(11-13-24)16-8-6-15(14-21)7-9-16/h2-9H,10-13H2,1H3,(H,22,26). The minimum atomic E-state index is -0.489. The van der Waals surface area contributed by atoms with E-state index in [4.69, 9.17) is 10.00 Å². The van der Waals surface area contributed by atoms with Gasteiger partial charge in [-0.3, -0.25) is 0 Å². The number of rotatable bonds is 3. The molecular weight excluding hydrogens is 344 g/mol. The number of anilines is 2. The van der Waals surface area contributed by atoms with Crippen molar-refractivity contribution in [3.63, 3.8) is 0 Å². The highest BCUT2D eigenvalue weighted by Crippen LogP contribution is 2.19. The van der Waals surface area contributed by atoms with Gasteiger partial charge in [0, 0.05) is 31.9 Å². The average Bonchev–Trinajstić information content (AvgIpc) is 2.73. The average molecular weight is 364 g/mol. The third kappa shape index (κ3) is 4.18. The molecule has 2 aromatic carbocycles. The first-order valence-electron chi connectivity index (χ1n) is 8.61. The van der Waals surface area contributed by atoms with E-state index in [1.807, 2.05) is 12.1 Å². The first-order valence-corrected chi connectivity index (χ1v) is 8.61. The number of benzene rings is 2. The Morgan fingerprint density at radius 1 is 1.04 bits per heavy atom. The number of esters is 1. The number of ether oxygens (including phenoxy) is 1. The monoisotopic (exact) mass is 364 g/mol. The summed E-state index contributed by atoms with van der Waals surface area (Å²) in [6.45, 7) is 2.51. The quantitative estimate of drug-likeness (QED) is 0.847. The van der Waals surface area contributed by atoms with Crippen LogP contribution in [0, 0.1) is 11.3 Å². The molecular formula is C20H20N4O3. The number of urea groups is 1. The zero-order chi connectivity index (χ0) is 19.2. The lowest BCUT2D eigenvalue weighted by molar-refractivity contribution is 0.0602. The van der Waals surface area contributed by atoms with Gasteiger partial charge < -0.3 is 19.9 Å². The van der Waals surface area contributed by atoms with E-state index in [2.05, 4.69) is 16.3 Å². The van der Waals surface area contributed by atoms with Crippen LogP contribution in [-0.2, 0) is 4.74 Å². The molecule has 1 heterocycles. The number of piperazine rings is 1. The highest BCUT2D eigenvalue weighted by Gasteiger charge is 2.22. The molecule has 0 radical (unpaired) electrons. The Kier molecular flexibility index (Phi) is 5.57. The summed E-state index contributed by atoms with van der Waals surface area (Å²) in [5.74, 6) is -0.489. The molecule has 3 rings (SSSR count). The van der Waals surface area contributed by atoms with Crippen molar-refractivity contribution in [2.45, 2.75) is 0 Å². The van der Waals surface area contributed by atoms with Gasteiger partial charge in [-0.15, -0.1) is 0 Å². The first-order chi connectivity index (χ1) is 13.1. The van der Waals surface area contributed by atoms with Gasteiger partial charge in [-0.1, -0.05) is 12.1 Å². The van der Waals surface area contributed by atoms with Crippen LogP contribution in [0.15, 0.2) is 48.5 Å². The van der Waals surface area contributed by atoms with E-state index in [1.54, 1.807) is 41.3 Å². The van der Waals surface area contributed by atoms with Crippen LogP contribution >= 0.6 is 0 Å². The molecule has 1 aliphatic rings. The van der Waals surface area contributed by atoms with Crippen LogP contribution in [0.4, 0.5) is 16.2 Å². The molecule has 0 aromatic heterocycles. The highest BCUT2D eigenvalue weighted by atomic mass is 16.5. The van der Waals surface area contributed by atoms with Crippen molar-refractivity contribution in [1.29, 1.82) is 5.26 Å². The largest absolute Gasteiger partial charge is 0.465 e. The molecule has 7 nitrogen and oxygen atoms in total. The lowest BCUT2D eigenvalue weighted by Gasteiger charge is -2.36. The Bertz CT molecular complexity index is 866. The van der Waals surface area contributed by atoms with Gasteiger partial charge in [-0.2, -0.15) is 5.26 Å². The number of nitriles is 1. The predicted octanol–water partition coefficient (Wildman–Crippen LogP) is 2.70. The van der Waals surface area contributed by atoms with Crippen molar-refractivity contribution in [3.05, 3.63) is 59.7 Å². The van der Waals surface area contributed by atoms with Crippen LogP contribution in [0.1, 0.15) is 15.9 Å². The van der Waals surface area contributed by atoms with Crippen LogP contribution < -0.4 is 10.2 Å². The van der Waals surface area contributed by atoms with Crippen molar-refractivity contribution in [2.24, 2.45) is 0 Å². The van der Waals surface area contributed by atoms with Crippen LogP contribution in [0.2, 0.25) is 0 Å². The van der Waals surface area contributed by atoms with Crippen molar-refractivity contribution in [2.75, 3.05) is 43.5 Å². The van der Waals surface area contributed by atoms with Gasteiger partial charge in [0.1, 0.15) is 0 Å². The van der Waals surface area contributed by atoms with E-state index in [0.717, 1.165) is 5.69 Å². The zero-order valence-corrected chi connectivity index (χ0v) is 15.0. The number of carbonyl (C=O) groups excluding carboxylic acids is 2. The molecule has 0 saturated carbocycles. The number of amides is 2. The van der Waals surface area contributed by atoms with Crippen molar-refractivity contribution >= 4 is 23.4 Å². The van der Waals surface area contributed by atoms with Gasteiger partial charge in [0.25, 0.3) is 0 Å². The van der Waals surface area contributed by atoms with E-state index in [0.29, 0.717) is 43.0 Å². The summed E-state index contributed by atoms with van der Waals surface area (Å²) in [5.41, 5.74) is 2.42. The SMILES string of the molecule is COC(=O)c1ccccc1NC(=O)N1CCN(c2ccc(C#N)cc2)CC1. The molecule has 0 bridgehead atoms. The Morgan fingerprint density at radius 2 is 1.70 bits per heavy atom. The van der Waals surface area contributed by atoms with Crippen molar-refractivity contribution in [1.82, 2.24) is 4.90 Å². The molecule has 7 heteroatoms. The molecule has 27 heavy (non-hydrogen) atoms. The molecule has 138 valence electrons. The molecule has 1 saturated heterocycles. The van der Waals surface area contributed by atoms with Crippen molar-refractivity contribution in [3.8, 4) is 6.07 Å². The molecule has 0 spiro atoms. The summed E-state index contributed by atoms with van der Waals surface area (Å²) in [7, 11) is 1.31. The van der Waals surface area contributed by atoms with Crippen LogP contribution in [-0.4, -0.2) is 50.2 Å². The number of carbonyl (C=O) groups is 2. The van der Waals surface area contributed by atoms with Gasteiger partial charge in [-0.05, 0) is 36.4 Å². The van der Waals surface area contributed by atoms with E-state index in [-0.39, 0.29) is 6.03 Å². The zero-order valence-electron chi connectivity index (χ0n) is 15.0. The van der Waals surface area contributed by atoms with E-state index in [9.17, 15) is 9.59 Å². The second-order valence-corrected chi connectivity index (χ2v) is 6.10. The summed E-state index contributed by atoms with van der Waals surface area (Å²) >= 11 is 0. The van der Waals surface area contributed by atoms with Crippen molar-refractivity contribution < 1.29 is 14.3 Å². The first kappa shape index (κ1) is 18.3. The summed E-state index contributed by atoms with van der Waals surface area (Å²) in [6, 6.07) is 16.0. The Labute approximate surface area is 157 Å². The molecule has 1 aliphatic heterocycles. The molecule has 0 aliphatic carbocycles. The molecule has 1 N–H and O–H groups in total. The molecule has 0 atom stereocenters. The van der Waals surface area contributed by atoms with E-state index < -0.39 is 5.97 Å². The normalized spacial score (nSPS) is 13.6. The maximum absolute atomic E-state index is 12.6. The van der Waals surface area contributed by atoms with Gasteiger partial charge >= 0.3 is 12.0 Å². The summed E-state index contributed by atoms with van der Waals surface area (Å²) in [6.07, 6.45) is 0. The number of methoxy groups -OCH3 is 1. The third-order valence-corrected chi connectivity index (χ3v) is 4.50. The Hall–Kier alpha value is -3.53. The second-order valence-electron chi connectivity index (χ2n) is 6.10. The van der Waals surface area contributed by atoms with Crippen LogP contribution in [0.3, 0.4) is 0 Å². The Balaban J connectivity index is 1.60. The van der Waals surface area contributed by atoms with Gasteiger partial charge in [0.15, 0.2) is 0 Å². The van der Waals surface area contributed by atoms with Crippen LogP contribution in [0.5, 0.6) is 0 Å². The fraction of sp³-hybridized carbons (Fsp3) is 0.250. The molecule has 0 unspecified atom stereocenters. The lowest BCUT2D eigenvalue weighted by Crippen LogP contribution is -2.50. The van der Waals surface area contributed by atoms with Gasteiger partial charge in [0.05, 0.1) is 30.0 Å². The number of nitrogens with zero attached hydrogens (tertiary/aromatic N) is 3. The Morgan fingerprint density at radius 3 is 2.33 bits per heavy atom.